The van der Waals surface area contributed by atoms with E-state index < -0.39 is 17.5 Å². The van der Waals surface area contributed by atoms with Crippen molar-refractivity contribution in [2.75, 3.05) is 18.5 Å². The second kappa shape index (κ2) is 9.40. The van der Waals surface area contributed by atoms with Crippen molar-refractivity contribution in [3.63, 3.8) is 0 Å². The molecule has 3 aliphatic rings. The molecule has 4 atom stereocenters. The average Bonchev–Trinajstić information content (AvgIpc) is 3.57. The van der Waals surface area contributed by atoms with Gasteiger partial charge in [0.2, 0.25) is 0 Å². The van der Waals surface area contributed by atoms with Crippen LogP contribution in [0.1, 0.15) is 42.4 Å². The van der Waals surface area contributed by atoms with Gasteiger partial charge in [-0.05, 0) is 61.2 Å². The lowest BCUT2D eigenvalue weighted by atomic mass is 9.77. The molecule has 3 heterocycles. The van der Waals surface area contributed by atoms with Gasteiger partial charge in [-0.2, -0.15) is 0 Å². The predicted octanol–water partition coefficient (Wildman–Crippen LogP) is 4.86. The van der Waals surface area contributed by atoms with Crippen LogP contribution in [0.15, 0.2) is 66.7 Å². The van der Waals surface area contributed by atoms with Gasteiger partial charge >= 0.3 is 0 Å². The van der Waals surface area contributed by atoms with Gasteiger partial charge in [0.05, 0.1) is 12.5 Å². The molecule has 3 aliphatic heterocycles. The molecule has 1 amide bonds. The number of nitrogens with one attached hydrogen (secondary N) is 1. The number of carbonyl (C=O) groups is 1. The van der Waals surface area contributed by atoms with Crippen molar-refractivity contribution >= 4 is 11.6 Å². The van der Waals surface area contributed by atoms with Crippen LogP contribution < -0.4 is 14.8 Å². The van der Waals surface area contributed by atoms with Gasteiger partial charge in [-0.25, -0.2) is 4.39 Å². The van der Waals surface area contributed by atoms with E-state index >= 15 is 0 Å². The number of halogens is 1. The van der Waals surface area contributed by atoms with E-state index in [1.165, 1.54) is 12.1 Å². The van der Waals surface area contributed by atoms with Crippen molar-refractivity contribution in [1.82, 2.24) is 4.90 Å². The summed E-state index contributed by atoms with van der Waals surface area (Å²) >= 11 is 0. The average molecular weight is 518 g/mol. The largest absolute Gasteiger partial charge is 0.490 e. The molecule has 0 bridgehead atoms. The highest BCUT2D eigenvalue weighted by Gasteiger charge is 2.73. The van der Waals surface area contributed by atoms with Crippen LogP contribution in [0.2, 0.25) is 0 Å². The van der Waals surface area contributed by atoms with Gasteiger partial charge in [-0.3, -0.25) is 19.8 Å². The van der Waals surface area contributed by atoms with E-state index in [-0.39, 0.29) is 29.3 Å². The topological polar surface area (TPSA) is 93.9 Å². The minimum absolute atomic E-state index is 0.164. The monoisotopic (exact) mass is 517 g/mol. The first-order valence-electron chi connectivity index (χ1n) is 12.9. The molecule has 0 radical (unpaired) electrons. The number of amides is 1. The highest BCUT2D eigenvalue weighted by Crippen LogP contribution is 2.58. The molecule has 6 rings (SSSR count). The van der Waals surface area contributed by atoms with E-state index in [4.69, 9.17) is 9.47 Å². The molecule has 2 fully saturated rings. The first-order chi connectivity index (χ1) is 18.4. The van der Waals surface area contributed by atoms with Gasteiger partial charge in [0, 0.05) is 28.8 Å². The molecule has 3 aromatic carbocycles. The second-order valence-corrected chi connectivity index (χ2v) is 9.98. The van der Waals surface area contributed by atoms with E-state index in [0.29, 0.717) is 35.9 Å². The van der Waals surface area contributed by atoms with Gasteiger partial charge in [0.1, 0.15) is 12.4 Å². The fraction of sp³-hybridized carbons (Fsp3) is 0.345. The maximum atomic E-state index is 13.6. The van der Waals surface area contributed by atoms with E-state index in [9.17, 15) is 19.3 Å². The van der Waals surface area contributed by atoms with Gasteiger partial charge in [0.25, 0.3) is 11.9 Å². The van der Waals surface area contributed by atoms with Crippen LogP contribution in [0.25, 0.3) is 0 Å². The number of rotatable bonds is 7. The van der Waals surface area contributed by atoms with Crippen molar-refractivity contribution in [2.45, 2.75) is 49.9 Å². The maximum Gasteiger partial charge on any atom is 0.256 e. The van der Waals surface area contributed by atoms with Gasteiger partial charge in [-0.15, -0.1) is 0 Å². The molecule has 196 valence electrons. The van der Waals surface area contributed by atoms with Crippen LogP contribution in [0.4, 0.5) is 10.1 Å². The van der Waals surface area contributed by atoms with Crippen LogP contribution in [0.5, 0.6) is 11.5 Å². The number of benzene rings is 3. The molecule has 0 unspecified atom stereocenters. The van der Waals surface area contributed by atoms with Crippen molar-refractivity contribution in [1.29, 1.82) is 0 Å². The molecule has 1 spiro atoms. The number of nitro groups is 1. The zero-order valence-corrected chi connectivity index (χ0v) is 20.9. The number of hydrogen-bond acceptors (Lipinski definition) is 6. The Labute approximate surface area is 219 Å². The highest BCUT2D eigenvalue weighted by atomic mass is 19.1. The van der Waals surface area contributed by atoms with Crippen molar-refractivity contribution in [2.24, 2.45) is 0 Å². The Balaban J connectivity index is 1.40. The predicted molar refractivity (Wildman–Crippen MR) is 138 cm³/mol. The summed E-state index contributed by atoms with van der Waals surface area (Å²) < 4.78 is 25.2. The number of nitrogens with zero attached hydrogens (tertiary/aromatic N) is 2. The standard InChI is InChI=1S/C29H28FN3O5/c1-2-37-25-16-19(11-14-24(25)38-17-18-9-12-20(30)13-10-18)26-23-8-5-15-32(23)29(27(26)33(35)36)21-6-3-4-7-22(21)31-28(29)34/h3-4,6-7,9-14,16,23,26-27H,2,5,8,15,17H2,1H3,(H,31,34)/t23-,26+,27+,29+/m0/s1. The third kappa shape index (κ3) is 3.64. The lowest BCUT2D eigenvalue weighted by molar-refractivity contribution is -0.534. The molecule has 3 aromatic rings. The summed E-state index contributed by atoms with van der Waals surface area (Å²) in [7, 11) is 0. The summed E-state index contributed by atoms with van der Waals surface area (Å²) in [5.74, 6) is -0.190. The highest BCUT2D eigenvalue weighted by molar-refractivity contribution is 6.07. The number of carbonyl (C=O) groups excluding carboxylic acids is 1. The minimum Gasteiger partial charge on any atom is -0.490 e. The fourth-order valence-electron chi connectivity index (χ4n) is 6.64. The molecular weight excluding hydrogens is 489 g/mol. The zero-order valence-electron chi connectivity index (χ0n) is 20.9. The summed E-state index contributed by atoms with van der Waals surface area (Å²) in [4.78, 5) is 28.2. The fourth-order valence-corrected chi connectivity index (χ4v) is 6.64. The molecule has 8 nitrogen and oxygen atoms in total. The molecule has 9 heteroatoms. The molecular formula is C29H28FN3O5. The molecule has 0 aromatic heterocycles. The van der Waals surface area contributed by atoms with Gasteiger partial charge in [0.15, 0.2) is 17.0 Å². The molecule has 0 aliphatic carbocycles. The van der Waals surface area contributed by atoms with Crippen LogP contribution in [0.3, 0.4) is 0 Å². The van der Waals surface area contributed by atoms with E-state index in [0.717, 1.165) is 24.0 Å². The number of para-hydroxylation sites is 1. The second-order valence-electron chi connectivity index (χ2n) is 9.98. The Hall–Kier alpha value is -3.98. The Kier molecular flexibility index (Phi) is 6.03. The quantitative estimate of drug-likeness (QED) is 0.356. The zero-order chi connectivity index (χ0) is 26.4. The Morgan fingerprint density at radius 3 is 2.66 bits per heavy atom. The summed E-state index contributed by atoms with van der Waals surface area (Å²) in [6.07, 6.45) is 1.62. The van der Waals surface area contributed by atoms with Crippen LogP contribution in [-0.2, 0) is 16.9 Å². The minimum atomic E-state index is -1.37. The SMILES string of the molecule is CCOc1cc([C@@H]2[C@@H]3CCCN3[C@@]3(C(=O)Nc4ccccc43)[C@@H]2[N+](=O)[O-])ccc1OCc1ccc(F)cc1. The molecule has 1 N–H and O–H groups in total. The Morgan fingerprint density at radius 1 is 1.11 bits per heavy atom. The van der Waals surface area contributed by atoms with E-state index in [2.05, 4.69) is 10.2 Å². The first kappa shape index (κ1) is 24.4. The lowest BCUT2D eigenvalue weighted by Crippen LogP contribution is -2.55. The smallest absolute Gasteiger partial charge is 0.256 e. The summed E-state index contributed by atoms with van der Waals surface area (Å²) in [5.41, 5.74) is 1.49. The first-order valence-corrected chi connectivity index (χ1v) is 12.9. The Morgan fingerprint density at radius 2 is 1.89 bits per heavy atom. The lowest BCUT2D eigenvalue weighted by Gasteiger charge is -2.32. The number of ether oxygens (including phenoxy) is 2. The maximum absolute atomic E-state index is 13.6. The molecule has 2 saturated heterocycles. The van der Waals surface area contributed by atoms with Crippen LogP contribution in [-0.4, -0.2) is 41.0 Å². The van der Waals surface area contributed by atoms with Crippen LogP contribution in [0, 0.1) is 15.9 Å². The molecule has 0 saturated carbocycles. The van der Waals surface area contributed by atoms with E-state index in [1.54, 1.807) is 24.3 Å². The van der Waals surface area contributed by atoms with Crippen LogP contribution >= 0.6 is 0 Å². The number of anilines is 1. The Bertz CT molecular complexity index is 1400. The van der Waals surface area contributed by atoms with Gasteiger partial charge < -0.3 is 14.8 Å². The van der Waals surface area contributed by atoms with Gasteiger partial charge in [-0.1, -0.05) is 36.4 Å². The summed E-state index contributed by atoms with van der Waals surface area (Å²) in [6, 6.07) is 17.5. The van der Waals surface area contributed by atoms with E-state index in [1.807, 2.05) is 37.3 Å². The third-order valence-corrected chi connectivity index (χ3v) is 8.05. The third-order valence-electron chi connectivity index (χ3n) is 8.05. The summed E-state index contributed by atoms with van der Waals surface area (Å²) in [6.45, 7) is 3.08. The normalized spacial score (nSPS) is 25.7. The summed E-state index contributed by atoms with van der Waals surface area (Å²) in [5, 5.41) is 15.7. The van der Waals surface area contributed by atoms with Crippen molar-refractivity contribution in [3.8, 4) is 11.5 Å². The van der Waals surface area contributed by atoms with Crippen molar-refractivity contribution < 1.29 is 23.6 Å². The van der Waals surface area contributed by atoms with Crippen molar-refractivity contribution in [3.05, 3.63) is 99.4 Å². The number of hydrogen-bond donors (Lipinski definition) is 1. The molecule has 38 heavy (non-hydrogen) atoms. The number of fused-ring (bicyclic) bond motifs is 4.